The van der Waals surface area contributed by atoms with E-state index in [0.717, 1.165) is 11.6 Å². The molecule has 1 aromatic carbocycles. The van der Waals surface area contributed by atoms with E-state index in [1.165, 1.54) is 0 Å². The number of nitrogens with one attached hydrogen (secondary N) is 2. The van der Waals surface area contributed by atoms with Crippen molar-refractivity contribution < 1.29 is 13.5 Å². The zero-order chi connectivity index (χ0) is 14.5. The number of hydrazine groups is 1. The second-order valence-electron chi connectivity index (χ2n) is 4.00. The van der Waals surface area contributed by atoms with Crippen molar-refractivity contribution in [1.82, 2.24) is 4.98 Å². The van der Waals surface area contributed by atoms with Crippen LogP contribution in [-0.4, -0.2) is 12.1 Å². The summed E-state index contributed by atoms with van der Waals surface area (Å²) in [6.07, 6.45) is 0. The molecular weight excluding hydrogens is 266 g/mol. The first-order valence-corrected chi connectivity index (χ1v) is 5.83. The molecule has 2 aromatic rings. The lowest BCUT2D eigenvalue weighted by Gasteiger charge is -2.10. The first kappa shape index (κ1) is 14.0. The molecule has 0 radical (unpaired) electrons. The molecular formula is C13H14F2N4O. The van der Waals surface area contributed by atoms with E-state index in [1.807, 2.05) is 12.1 Å². The van der Waals surface area contributed by atoms with Crippen LogP contribution in [0.25, 0.3) is 0 Å². The van der Waals surface area contributed by atoms with Crippen molar-refractivity contribution >= 4 is 11.6 Å². The molecule has 0 saturated carbocycles. The van der Waals surface area contributed by atoms with Gasteiger partial charge >= 0.3 is 0 Å². The number of benzene rings is 1. The fourth-order valence-corrected chi connectivity index (χ4v) is 1.66. The number of nitrogens with zero attached hydrogens (tertiary/aromatic N) is 1. The lowest BCUT2D eigenvalue weighted by Crippen LogP contribution is -2.13. The predicted octanol–water partition coefficient (Wildman–Crippen LogP) is 2.27. The molecule has 2 rings (SSSR count). The predicted molar refractivity (Wildman–Crippen MR) is 72.3 cm³/mol. The van der Waals surface area contributed by atoms with Crippen molar-refractivity contribution in [2.45, 2.75) is 6.54 Å². The molecule has 0 saturated heterocycles. The first-order chi connectivity index (χ1) is 9.63. The third-order valence-corrected chi connectivity index (χ3v) is 2.66. The normalized spacial score (nSPS) is 10.2. The molecule has 7 heteroatoms. The van der Waals surface area contributed by atoms with Gasteiger partial charge in [0.05, 0.1) is 7.11 Å². The van der Waals surface area contributed by atoms with E-state index in [2.05, 4.69) is 15.7 Å². The highest BCUT2D eigenvalue weighted by Crippen LogP contribution is 2.19. The summed E-state index contributed by atoms with van der Waals surface area (Å²) < 4.78 is 31.8. The van der Waals surface area contributed by atoms with Crippen LogP contribution in [0.1, 0.15) is 5.56 Å². The zero-order valence-electron chi connectivity index (χ0n) is 10.8. The van der Waals surface area contributed by atoms with Gasteiger partial charge in [-0.3, -0.25) is 0 Å². The Morgan fingerprint density at radius 3 is 2.65 bits per heavy atom. The Balaban J connectivity index is 2.14. The van der Waals surface area contributed by atoms with Crippen molar-refractivity contribution in [2.24, 2.45) is 5.84 Å². The Kier molecular flexibility index (Phi) is 4.31. The number of ether oxygens (including phenoxy) is 1. The van der Waals surface area contributed by atoms with E-state index in [-0.39, 0.29) is 11.6 Å². The first-order valence-electron chi connectivity index (χ1n) is 5.83. The highest BCUT2D eigenvalue weighted by molar-refractivity contribution is 5.47. The van der Waals surface area contributed by atoms with Crippen LogP contribution >= 0.6 is 0 Å². The van der Waals surface area contributed by atoms with Crippen molar-refractivity contribution in [2.75, 3.05) is 17.9 Å². The third kappa shape index (κ3) is 3.12. The minimum atomic E-state index is -0.850. The summed E-state index contributed by atoms with van der Waals surface area (Å²) in [4.78, 5) is 3.72. The van der Waals surface area contributed by atoms with Crippen molar-refractivity contribution in [1.29, 1.82) is 0 Å². The molecule has 106 valence electrons. The molecule has 5 nitrogen and oxygen atoms in total. The lowest BCUT2D eigenvalue weighted by atomic mass is 10.2. The standard InChI is InChI=1S/C13H14F2N4O/c1-20-9-4-2-3-8(5-9)7-17-12-10(14)6-11(15)13(18-12)19-16/h2-6H,7,16H2,1H3,(H2,17,18,19). The summed E-state index contributed by atoms with van der Waals surface area (Å²) in [5.41, 5.74) is 2.94. The minimum absolute atomic E-state index is 0.0813. The van der Waals surface area contributed by atoms with Gasteiger partial charge in [-0.2, -0.15) is 0 Å². The number of pyridine rings is 1. The maximum Gasteiger partial charge on any atom is 0.178 e. The summed E-state index contributed by atoms with van der Waals surface area (Å²) in [5, 5.41) is 2.78. The molecule has 1 heterocycles. The summed E-state index contributed by atoms with van der Waals surface area (Å²) in [6, 6.07) is 7.99. The Morgan fingerprint density at radius 2 is 1.95 bits per heavy atom. The highest BCUT2D eigenvalue weighted by atomic mass is 19.1. The van der Waals surface area contributed by atoms with Gasteiger partial charge in [-0.15, -0.1) is 0 Å². The molecule has 0 spiro atoms. The minimum Gasteiger partial charge on any atom is -0.497 e. The van der Waals surface area contributed by atoms with Gasteiger partial charge < -0.3 is 15.5 Å². The van der Waals surface area contributed by atoms with Crippen LogP contribution in [0.5, 0.6) is 5.75 Å². The van der Waals surface area contributed by atoms with E-state index in [1.54, 1.807) is 19.2 Å². The molecule has 1 aromatic heterocycles. The molecule has 20 heavy (non-hydrogen) atoms. The van der Waals surface area contributed by atoms with Gasteiger partial charge in [-0.05, 0) is 17.7 Å². The van der Waals surface area contributed by atoms with E-state index in [4.69, 9.17) is 10.6 Å². The quantitative estimate of drug-likeness (QED) is 0.579. The molecule has 4 N–H and O–H groups in total. The number of nitrogen functional groups attached to an aromatic ring is 1. The molecule has 0 bridgehead atoms. The van der Waals surface area contributed by atoms with E-state index >= 15 is 0 Å². The van der Waals surface area contributed by atoms with Crippen LogP contribution < -0.4 is 21.3 Å². The molecule has 0 aliphatic carbocycles. The molecule has 0 aliphatic heterocycles. The number of anilines is 2. The van der Waals surface area contributed by atoms with Gasteiger partial charge in [0.2, 0.25) is 0 Å². The number of nitrogens with two attached hydrogens (primary N) is 1. The molecule has 0 amide bonds. The SMILES string of the molecule is COc1cccc(CNc2nc(NN)c(F)cc2F)c1. The van der Waals surface area contributed by atoms with Gasteiger partial charge in [-0.1, -0.05) is 12.1 Å². The number of halogens is 2. The number of rotatable bonds is 5. The van der Waals surface area contributed by atoms with Gasteiger partial charge in [0.1, 0.15) is 5.75 Å². The van der Waals surface area contributed by atoms with Gasteiger partial charge in [0, 0.05) is 12.6 Å². The maximum atomic E-state index is 13.6. The van der Waals surface area contributed by atoms with Crippen LogP contribution in [-0.2, 0) is 6.54 Å². The summed E-state index contributed by atoms with van der Waals surface area (Å²) in [5.74, 6) is 3.85. The largest absolute Gasteiger partial charge is 0.497 e. The van der Waals surface area contributed by atoms with Gasteiger partial charge in [-0.25, -0.2) is 19.6 Å². The fraction of sp³-hybridized carbons (Fsp3) is 0.154. The summed E-state index contributed by atoms with van der Waals surface area (Å²) in [7, 11) is 1.56. The summed E-state index contributed by atoms with van der Waals surface area (Å²) in [6.45, 7) is 0.316. The second-order valence-corrected chi connectivity index (χ2v) is 4.00. The lowest BCUT2D eigenvalue weighted by molar-refractivity contribution is 0.414. The average molecular weight is 280 g/mol. The number of hydrogen-bond donors (Lipinski definition) is 3. The molecule has 0 fully saturated rings. The van der Waals surface area contributed by atoms with Gasteiger partial charge in [0.15, 0.2) is 23.3 Å². The molecule has 0 aliphatic rings. The van der Waals surface area contributed by atoms with Crippen LogP contribution in [0.2, 0.25) is 0 Å². The fourth-order valence-electron chi connectivity index (χ4n) is 1.66. The molecule has 0 unspecified atom stereocenters. The van der Waals surface area contributed by atoms with E-state index in [0.29, 0.717) is 12.3 Å². The van der Waals surface area contributed by atoms with Crippen LogP contribution in [0.4, 0.5) is 20.4 Å². The molecule has 0 atom stereocenters. The van der Waals surface area contributed by atoms with Crippen molar-refractivity contribution in [3.05, 3.63) is 47.5 Å². The monoisotopic (exact) mass is 280 g/mol. The van der Waals surface area contributed by atoms with Gasteiger partial charge in [0.25, 0.3) is 0 Å². The van der Waals surface area contributed by atoms with Crippen molar-refractivity contribution in [3.63, 3.8) is 0 Å². The smallest absolute Gasteiger partial charge is 0.178 e. The third-order valence-electron chi connectivity index (χ3n) is 2.66. The van der Waals surface area contributed by atoms with Crippen LogP contribution in [0.3, 0.4) is 0 Å². The summed E-state index contributed by atoms with van der Waals surface area (Å²) >= 11 is 0. The maximum absolute atomic E-state index is 13.6. The average Bonchev–Trinajstić information content (AvgIpc) is 2.46. The zero-order valence-corrected chi connectivity index (χ0v) is 10.8. The van der Waals surface area contributed by atoms with E-state index < -0.39 is 11.6 Å². The second kappa shape index (κ2) is 6.16. The van der Waals surface area contributed by atoms with E-state index in [9.17, 15) is 8.78 Å². The Morgan fingerprint density at radius 1 is 1.20 bits per heavy atom. The Bertz CT molecular complexity index is 607. The van der Waals surface area contributed by atoms with Crippen molar-refractivity contribution in [3.8, 4) is 5.75 Å². The number of hydrogen-bond acceptors (Lipinski definition) is 5. The van der Waals surface area contributed by atoms with Crippen LogP contribution in [0, 0.1) is 11.6 Å². The topological polar surface area (TPSA) is 72.2 Å². The number of aromatic nitrogens is 1. The number of methoxy groups -OCH3 is 1. The Hall–Kier alpha value is -2.41. The highest BCUT2D eigenvalue weighted by Gasteiger charge is 2.10. The Labute approximate surface area is 114 Å². The van der Waals surface area contributed by atoms with Crippen LogP contribution in [0.15, 0.2) is 30.3 Å².